The lowest BCUT2D eigenvalue weighted by atomic mass is 10.1. The van der Waals surface area contributed by atoms with Gasteiger partial charge in [0.1, 0.15) is 12.1 Å². The molecule has 5 N–H and O–H groups in total. The van der Waals surface area contributed by atoms with E-state index in [0.29, 0.717) is 0 Å². The van der Waals surface area contributed by atoms with Crippen molar-refractivity contribution in [2.45, 2.75) is 65.5 Å². The monoisotopic (exact) mass is 730 g/mol. The average Bonchev–Trinajstić information content (AvgIpc) is 3.04. The molecule has 0 aliphatic heterocycles. The Morgan fingerprint density at radius 3 is 1.60 bits per heavy atom. The molecule has 2 aromatic carbocycles. The molecule has 0 fully saturated rings. The number of carboxylic acids is 1. The second-order valence-electron chi connectivity index (χ2n) is 10.9. The molecule has 19 nitrogen and oxygen atoms in total. The molecule has 2 atom stereocenters. The SMILES string of the molecule is CC(=O)Oc1cccc(C(=O)NCCC[C@@H](NC(=O)c2cccc(OC(C)=O)c2OC(C)=O)C(=O)N[C@@H](CCC(=O)N(C)O)C(=O)O)c1OC(C)=O. The van der Waals surface area contributed by atoms with Crippen molar-refractivity contribution in [3.05, 3.63) is 47.5 Å². The van der Waals surface area contributed by atoms with Crippen LogP contribution >= 0.6 is 0 Å². The predicted molar refractivity (Wildman–Crippen MR) is 174 cm³/mol. The van der Waals surface area contributed by atoms with Crippen LogP contribution in [0.15, 0.2) is 36.4 Å². The summed E-state index contributed by atoms with van der Waals surface area (Å²) in [7, 11) is 1.04. The summed E-state index contributed by atoms with van der Waals surface area (Å²) in [6, 6.07) is 4.60. The van der Waals surface area contributed by atoms with Gasteiger partial charge in [-0.3, -0.25) is 43.6 Å². The lowest BCUT2D eigenvalue weighted by Crippen LogP contribution is -2.52. The van der Waals surface area contributed by atoms with Gasteiger partial charge in [0.15, 0.2) is 23.0 Å². The maximum Gasteiger partial charge on any atom is 0.326 e. The smallest absolute Gasteiger partial charge is 0.326 e. The van der Waals surface area contributed by atoms with E-state index in [9.17, 15) is 53.5 Å². The van der Waals surface area contributed by atoms with E-state index in [-0.39, 0.29) is 52.8 Å². The van der Waals surface area contributed by atoms with Crippen molar-refractivity contribution in [2.24, 2.45) is 0 Å². The summed E-state index contributed by atoms with van der Waals surface area (Å²) in [4.78, 5) is 110. The molecule has 19 heteroatoms. The lowest BCUT2D eigenvalue weighted by molar-refractivity contribution is -0.159. The largest absolute Gasteiger partial charge is 0.480 e. The van der Waals surface area contributed by atoms with Crippen molar-refractivity contribution in [2.75, 3.05) is 13.6 Å². The number of nitrogens with zero attached hydrogens (tertiary/aromatic N) is 1. The molecule has 0 radical (unpaired) electrons. The predicted octanol–water partition coefficient (Wildman–Crippen LogP) is 0.894. The number of amides is 4. The number of esters is 4. The Balaban J connectivity index is 2.35. The lowest BCUT2D eigenvalue weighted by Gasteiger charge is -2.22. The Bertz CT molecular complexity index is 1720. The van der Waals surface area contributed by atoms with Crippen LogP contribution in [0.25, 0.3) is 0 Å². The molecule has 4 amide bonds. The second kappa shape index (κ2) is 19.7. The molecule has 0 bridgehead atoms. The first-order chi connectivity index (χ1) is 24.4. The van der Waals surface area contributed by atoms with E-state index in [1.807, 2.05) is 0 Å². The first kappa shape index (κ1) is 41.8. The van der Waals surface area contributed by atoms with Crippen LogP contribution in [0.5, 0.6) is 23.0 Å². The normalized spacial score (nSPS) is 11.5. The standard InChI is InChI=1S/C33H38N4O15/c1-17(38)49-25-12-6-9-21(28(25)51-19(3)40)30(43)34-16-8-11-23(32(45)36-24(33(46)47)14-15-27(42)37(5)48)35-31(44)22-10-7-13-26(50-18(2)39)29(22)52-20(4)41/h6-7,9-10,12-13,23-24,48H,8,11,14-16H2,1-5H3,(H,34,43)(H,35,44)(H,36,45)(H,46,47)/t23-,24+/m1/s1. The van der Waals surface area contributed by atoms with E-state index in [4.69, 9.17) is 18.9 Å². The summed E-state index contributed by atoms with van der Waals surface area (Å²) in [5, 5.41) is 26.4. The molecule has 0 aliphatic carbocycles. The van der Waals surface area contributed by atoms with Crippen LogP contribution in [-0.4, -0.2) is 94.5 Å². The average molecular weight is 731 g/mol. The molecule has 0 aliphatic rings. The third-order valence-electron chi connectivity index (χ3n) is 6.65. The molecular weight excluding hydrogens is 692 g/mol. The number of carbonyl (C=O) groups is 9. The number of nitrogens with one attached hydrogen (secondary N) is 3. The van der Waals surface area contributed by atoms with E-state index in [1.165, 1.54) is 36.4 Å². The van der Waals surface area contributed by atoms with Crippen molar-refractivity contribution in [1.82, 2.24) is 21.0 Å². The summed E-state index contributed by atoms with van der Waals surface area (Å²) < 4.78 is 20.3. The summed E-state index contributed by atoms with van der Waals surface area (Å²) >= 11 is 0. The topological polar surface area (TPSA) is 270 Å². The third kappa shape index (κ3) is 13.2. The number of carbonyl (C=O) groups excluding carboxylic acids is 8. The Kier molecular flexibility index (Phi) is 15.9. The van der Waals surface area contributed by atoms with Crippen molar-refractivity contribution < 1.29 is 72.4 Å². The number of benzene rings is 2. The van der Waals surface area contributed by atoms with Crippen LogP contribution in [0.2, 0.25) is 0 Å². The van der Waals surface area contributed by atoms with Gasteiger partial charge in [-0.15, -0.1) is 0 Å². The van der Waals surface area contributed by atoms with Crippen LogP contribution in [0.4, 0.5) is 0 Å². The molecule has 0 heterocycles. The van der Waals surface area contributed by atoms with Gasteiger partial charge in [0.25, 0.3) is 11.8 Å². The Labute approximate surface area is 296 Å². The van der Waals surface area contributed by atoms with Crippen molar-refractivity contribution in [1.29, 1.82) is 0 Å². The number of hydrogen-bond donors (Lipinski definition) is 5. The number of carboxylic acid groups (broad SMARTS) is 1. The summed E-state index contributed by atoms with van der Waals surface area (Å²) in [5.41, 5.74) is -0.508. The van der Waals surface area contributed by atoms with Gasteiger partial charge in [0.05, 0.1) is 11.1 Å². The third-order valence-corrected chi connectivity index (χ3v) is 6.65. The van der Waals surface area contributed by atoms with Gasteiger partial charge in [-0.05, 0) is 43.5 Å². The Morgan fingerprint density at radius 1 is 0.673 bits per heavy atom. The molecule has 0 unspecified atom stereocenters. The minimum absolute atomic E-state index is 0.0353. The summed E-state index contributed by atoms with van der Waals surface area (Å²) in [6.07, 6.45) is -1.17. The highest BCUT2D eigenvalue weighted by Gasteiger charge is 2.29. The summed E-state index contributed by atoms with van der Waals surface area (Å²) in [5.74, 6) is -9.61. The maximum absolute atomic E-state index is 13.5. The van der Waals surface area contributed by atoms with Crippen molar-refractivity contribution >= 4 is 53.5 Å². The van der Waals surface area contributed by atoms with Crippen molar-refractivity contribution in [3.8, 4) is 23.0 Å². The molecule has 0 spiro atoms. The number of hydroxylamine groups is 2. The fourth-order valence-electron chi connectivity index (χ4n) is 4.43. The molecular formula is C33H38N4O15. The molecule has 0 saturated carbocycles. The van der Waals surface area contributed by atoms with Gasteiger partial charge in [-0.1, -0.05) is 12.1 Å². The Morgan fingerprint density at radius 2 is 1.15 bits per heavy atom. The fraction of sp³-hybridized carbons (Fsp3) is 0.364. The number of rotatable bonds is 17. The second-order valence-corrected chi connectivity index (χ2v) is 10.9. The fourth-order valence-corrected chi connectivity index (χ4v) is 4.43. The zero-order chi connectivity index (χ0) is 39.1. The van der Waals surface area contributed by atoms with E-state index >= 15 is 0 Å². The van der Waals surface area contributed by atoms with Gasteiger partial charge in [0.2, 0.25) is 11.8 Å². The highest BCUT2D eigenvalue weighted by molar-refractivity contribution is 6.02. The zero-order valence-electron chi connectivity index (χ0n) is 28.8. The minimum Gasteiger partial charge on any atom is -0.480 e. The first-order valence-electron chi connectivity index (χ1n) is 15.5. The molecule has 52 heavy (non-hydrogen) atoms. The van der Waals surface area contributed by atoms with Gasteiger partial charge in [-0.2, -0.15) is 0 Å². The molecule has 280 valence electrons. The van der Waals surface area contributed by atoms with Crippen LogP contribution < -0.4 is 34.9 Å². The number of ether oxygens (including phenoxy) is 4. The van der Waals surface area contributed by atoms with Crippen LogP contribution in [0, 0.1) is 0 Å². The molecule has 0 saturated heterocycles. The van der Waals surface area contributed by atoms with Gasteiger partial charge >= 0.3 is 29.8 Å². The zero-order valence-corrected chi connectivity index (χ0v) is 28.8. The van der Waals surface area contributed by atoms with Crippen LogP contribution in [0.1, 0.15) is 74.1 Å². The minimum atomic E-state index is -1.64. The molecule has 0 aromatic heterocycles. The molecule has 2 aromatic rings. The van der Waals surface area contributed by atoms with E-state index < -0.39 is 84.2 Å². The van der Waals surface area contributed by atoms with E-state index in [1.54, 1.807) is 0 Å². The number of hydrogen-bond acceptors (Lipinski definition) is 14. The van der Waals surface area contributed by atoms with Crippen LogP contribution in [-0.2, 0) is 33.6 Å². The van der Waals surface area contributed by atoms with Gasteiger partial charge in [-0.25, -0.2) is 9.86 Å². The highest BCUT2D eigenvalue weighted by atomic mass is 16.6. The first-order valence-corrected chi connectivity index (χ1v) is 15.5. The van der Waals surface area contributed by atoms with Gasteiger partial charge < -0.3 is 40.0 Å². The quantitative estimate of drug-likeness (QED) is 0.0497. The van der Waals surface area contributed by atoms with Gasteiger partial charge in [0, 0.05) is 47.7 Å². The van der Waals surface area contributed by atoms with Crippen LogP contribution in [0.3, 0.4) is 0 Å². The number of para-hydroxylation sites is 2. The number of aliphatic carboxylic acids is 1. The Hall–Kier alpha value is -6.37. The summed E-state index contributed by atoms with van der Waals surface area (Å²) in [6.45, 7) is 4.13. The molecule has 2 rings (SSSR count). The van der Waals surface area contributed by atoms with E-state index in [2.05, 4.69) is 16.0 Å². The maximum atomic E-state index is 13.5. The highest BCUT2D eigenvalue weighted by Crippen LogP contribution is 2.33. The van der Waals surface area contributed by atoms with E-state index in [0.717, 1.165) is 34.7 Å². The van der Waals surface area contributed by atoms with Crippen molar-refractivity contribution in [3.63, 3.8) is 0 Å².